The van der Waals surface area contributed by atoms with Crippen LogP contribution in [0, 0.1) is 0 Å². The number of alkyl halides is 3. The molecule has 1 saturated heterocycles. The van der Waals surface area contributed by atoms with E-state index in [4.69, 9.17) is 0 Å². The SMILES string of the molecule is CN(Cc1cn(C)nc1C(F)(F)F)S(=O)(=O)N1CCCCC1. The summed E-state index contributed by atoms with van der Waals surface area (Å²) in [6, 6.07) is 0. The number of hydrogen-bond acceptors (Lipinski definition) is 3. The maximum absolute atomic E-state index is 12.9. The molecule has 10 heteroatoms. The Balaban J connectivity index is 2.20. The number of aromatic nitrogens is 2. The van der Waals surface area contributed by atoms with Crippen LogP contribution in [0.3, 0.4) is 0 Å². The molecule has 1 aliphatic rings. The predicted molar refractivity (Wildman–Crippen MR) is 74.0 cm³/mol. The van der Waals surface area contributed by atoms with Gasteiger partial charge in [0.1, 0.15) is 0 Å². The van der Waals surface area contributed by atoms with E-state index in [1.807, 2.05) is 0 Å². The molecule has 0 saturated carbocycles. The summed E-state index contributed by atoms with van der Waals surface area (Å²) in [4.78, 5) is 0. The molecule has 22 heavy (non-hydrogen) atoms. The van der Waals surface area contributed by atoms with Crippen molar-refractivity contribution in [1.82, 2.24) is 18.4 Å². The lowest BCUT2D eigenvalue weighted by Crippen LogP contribution is -2.44. The second-order valence-electron chi connectivity index (χ2n) is 5.40. The monoisotopic (exact) mass is 340 g/mol. The van der Waals surface area contributed by atoms with Crippen molar-refractivity contribution >= 4 is 10.2 Å². The molecule has 0 spiro atoms. The maximum atomic E-state index is 12.9. The molecule has 6 nitrogen and oxygen atoms in total. The largest absolute Gasteiger partial charge is 0.435 e. The van der Waals surface area contributed by atoms with Crippen LogP contribution < -0.4 is 0 Å². The average Bonchev–Trinajstić information content (AvgIpc) is 2.80. The lowest BCUT2D eigenvalue weighted by molar-refractivity contribution is -0.142. The van der Waals surface area contributed by atoms with Crippen molar-refractivity contribution in [2.24, 2.45) is 7.05 Å². The molecule has 0 unspecified atom stereocenters. The molecular formula is C12H19F3N4O2S. The highest BCUT2D eigenvalue weighted by Gasteiger charge is 2.38. The van der Waals surface area contributed by atoms with Gasteiger partial charge in [0.2, 0.25) is 0 Å². The molecular weight excluding hydrogens is 321 g/mol. The third kappa shape index (κ3) is 3.61. The van der Waals surface area contributed by atoms with Crippen LogP contribution in [-0.2, 0) is 30.0 Å². The molecule has 2 rings (SSSR count). The van der Waals surface area contributed by atoms with Gasteiger partial charge in [-0.2, -0.15) is 35.3 Å². The van der Waals surface area contributed by atoms with Gasteiger partial charge in [-0.3, -0.25) is 4.68 Å². The minimum absolute atomic E-state index is 0.155. The molecule has 126 valence electrons. The Bertz CT molecular complexity index is 621. The summed E-state index contributed by atoms with van der Waals surface area (Å²) < 4.78 is 66.8. The summed E-state index contributed by atoms with van der Waals surface area (Å²) in [6.45, 7) is 0.458. The molecule has 1 fully saturated rings. The molecule has 0 radical (unpaired) electrons. The number of rotatable bonds is 4. The van der Waals surface area contributed by atoms with Crippen LogP contribution in [-0.4, -0.2) is 46.9 Å². The normalized spacial score (nSPS) is 18.1. The molecule has 0 N–H and O–H groups in total. The van der Waals surface area contributed by atoms with Crippen LogP contribution in [0.15, 0.2) is 6.20 Å². The van der Waals surface area contributed by atoms with Crippen LogP contribution in [0.25, 0.3) is 0 Å². The van der Waals surface area contributed by atoms with E-state index in [0.717, 1.165) is 28.2 Å². The molecule has 0 bridgehead atoms. The minimum atomic E-state index is -4.60. The van der Waals surface area contributed by atoms with Crippen molar-refractivity contribution < 1.29 is 21.6 Å². The second kappa shape index (κ2) is 6.17. The topological polar surface area (TPSA) is 58.4 Å². The Morgan fingerprint density at radius 2 is 1.86 bits per heavy atom. The lowest BCUT2D eigenvalue weighted by Gasteiger charge is -2.30. The van der Waals surface area contributed by atoms with E-state index in [1.165, 1.54) is 24.6 Å². The van der Waals surface area contributed by atoms with Gasteiger partial charge < -0.3 is 0 Å². The quantitative estimate of drug-likeness (QED) is 0.837. The molecule has 1 aromatic heterocycles. The van der Waals surface area contributed by atoms with Crippen molar-refractivity contribution in [3.8, 4) is 0 Å². The third-order valence-corrected chi connectivity index (χ3v) is 5.54. The van der Waals surface area contributed by atoms with Gasteiger partial charge >= 0.3 is 6.18 Å². The van der Waals surface area contributed by atoms with Gasteiger partial charge in [0.05, 0.1) is 0 Å². The van der Waals surface area contributed by atoms with Crippen molar-refractivity contribution in [3.63, 3.8) is 0 Å². The van der Waals surface area contributed by atoms with E-state index in [-0.39, 0.29) is 12.1 Å². The molecule has 2 heterocycles. The molecule has 0 amide bonds. The van der Waals surface area contributed by atoms with E-state index < -0.39 is 22.1 Å². The van der Waals surface area contributed by atoms with Crippen LogP contribution in [0.2, 0.25) is 0 Å². The first kappa shape index (κ1) is 17.2. The molecule has 0 aliphatic carbocycles. The first-order valence-electron chi connectivity index (χ1n) is 6.93. The summed E-state index contributed by atoms with van der Waals surface area (Å²) in [5, 5.41) is 3.39. The Hall–Kier alpha value is -1.13. The zero-order valence-corrected chi connectivity index (χ0v) is 13.3. The fourth-order valence-electron chi connectivity index (χ4n) is 2.51. The summed E-state index contributed by atoms with van der Waals surface area (Å²) in [5.74, 6) is 0. The maximum Gasteiger partial charge on any atom is 0.435 e. The van der Waals surface area contributed by atoms with Crippen molar-refractivity contribution in [3.05, 3.63) is 17.5 Å². The van der Waals surface area contributed by atoms with Gasteiger partial charge in [-0.1, -0.05) is 6.42 Å². The van der Waals surface area contributed by atoms with E-state index in [1.54, 1.807) is 0 Å². The van der Waals surface area contributed by atoms with Crippen molar-refractivity contribution in [1.29, 1.82) is 0 Å². The summed E-state index contributed by atoms with van der Waals surface area (Å²) >= 11 is 0. The average molecular weight is 340 g/mol. The van der Waals surface area contributed by atoms with Crippen molar-refractivity contribution in [2.45, 2.75) is 32.0 Å². The van der Waals surface area contributed by atoms with Gasteiger partial charge in [0.15, 0.2) is 5.69 Å². The highest BCUT2D eigenvalue weighted by Crippen LogP contribution is 2.31. The Kier molecular flexibility index (Phi) is 4.83. The highest BCUT2D eigenvalue weighted by molar-refractivity contribution is 7.86. The Morgan fingerprint density at radius 1 is 1.27 bits per heavy atom. The zero-order chi connectivity index (χ0) is 16.5. The van der Waals surface area contributed by atoms with Crippen LogP contribution >= 0.6 is 0 Å². The van der Waals surface area contributed by atoms with Gasteiger partial charge in [-0.15, -0.1) is 0 Å². The minimum Gasteiger partial charge on any atom is -0.275 e. The molecule has 0 aromatic carbocycles. The number of nitrogens with zero attached hydrogens (tertiary/aromatic N) is 4. The Labute approximate surface area is 127 Å². The van der Waals surface area contributed by atoms with E-state index >= 15 is 0 Å². The number of hydrogen-bond donors (Lipinski definition) is 0. The van der Waals surface area contributed by atoms with E-state index in [0.29, 0.717) is 13.1 Å². The third-order valence-electron chi connectivity index (χ3n) is 3.60. The molecule has 1 aromatic rings. The van der Waals surface area contributed by atoms with Gasteiger partial charge in [0.25, 0.3) is 10.2 Å². The smallest absolute Gasteiger partial charge is 0.275 e. The summed E-state index contributed by atoms with van der Waals surface area (Å²) in [5.41, 5.74) is -1.20. The van der Waals surface area contributed by atoms with Gasteiger partial charge in [-0.05, 0) is 12.8 Å². The second-order valence-corrected chi connectivity index (χ2v) is 7.43. The predicted octanol–water partition coefficient (Wildman–Crippen LogP) is 1.60. The fourth-order valence-corrected chi connectivity index (χ4v) is 3.92. The fraction of sp³-hybridized carbons (Fsp3) is 0.750. The zero-order valence-electron chi connectivity index (χ0n) is 12.5. The molecule has 0 atom stereocenters. The van der Waals surface area contributed by atoms with Crippen LogP contribution in [0.5, 0.6) is 0 Å². The van der Waals surface area contributed by atoms with Gasteiger partial charge in [-0.25, -0.2) is 0 Å². The Morgan fingerprint density at radius 3 is 2.41 bits per heavy atom. The van der Waals surface area contributed by atoms with Crippen LogP contribution in [0.4, 0.5) is 13.2 Å². The standard InChI is InChI=1S/C12H19F3N4O2S/c1-17-8-10(11(16-17)12(13,14)15)9-18(2)22(20,21)19-6-4-3-5-7-19/h8H,3-7,9H2,1-2H3. The van der Waals surface area contributed by atoms with Gasteiger partial charge in [0, 0.05) is 45.5 Å². The lowest BCUT2D eigenvalue weighted by atomic mass is 10.2. The number of piperidine rings is 1. The molecule has 1 aliphatic heterocycles. The first-order valence-corrected chi connectivity index (χ1v) is 8.33. The summed E-state index contributed by atoms with van der Waals surface area (Å²) in [6.07, 6.45) is -0.893. The number of aryl methyl sites for hydroxylation is 1. The summed E-state index contributed by atoms with van der Waals surface area (Å²) in [7, 11) is -1.09. The van der Waals surface area contributed by atoms with Crippen molar-refractivity contribution in [2.75, 3.05) is 20.1 Å². The first-order chi connectivity index (χ1) is 10.1. The highest BCUT2D eigenvalue weighted by atomic mass is 32.2. The van der Waals surface area contributed by atoms with E-state index in [2.05, 4.69) is 5.10 Å². The number of halogens is 3. The van der Waals surface area contributed by atoms with Crippen LogP contribution in [0.1, 0.15) is 30.5 Å². The van der Waals surface area contributed by atoms with E-state index in [9.17, 15) is 21.6 Å².